The second-order valence-corrected chi connectivity index (χ2v) is 6.16. The normalized spacial score (nSPS) is 16.0. The first-order chi connectivity index (χ1) is 9.31. The monoisotopic (exact) mass is 274 g/mol. The van der Waals surface area contributed by atoms with Gasteiger partial charge in [0.15, 0.2) is 0 Å². The van der Waals surface area contributed by atoms with Crippen molar-refractivity contribution in [2.45, 2.75) is 38.5 Å². The van der Waals surface area contributed by atoms with Crippen LogP contribution in [0.4, 0.5) is 5.69 Å². The van der Waals surface area contributed by atoms with E-state index >= 15 is 0 Å². The van der Waals surface area contributed by atoms with Crippen LogP contribution >= 0.6 is 11.3 Å². The number of anilines is 1. The Bertz CT molecular complexity index is 572. The SMILES string of the molecule is O=C(CCC1CCCC1)Nc1ccc2scnc2c1. The van der Waals surface area contributed by atoms with E-state index in [-0.39, 0.29) is 5.91 Å². The first-order valence-corrected chi connectivity index (χ1v) is 7.82. The second kappa shape index (κ2) is 5.70. The summed E-state index contributed by atoms with van der Waals surface area (Å²) in [4.78, 5) is 16.2. The number of hydrogen-bond donors (Lipinski definition) is 1. The van der Waals surface area contributed by atoms with Crippen LogP contribution in [0.15, 0.2) is 23.7 Å². The second-order valence-electron chi connectivity index (χ2n) is 5.27. The molecule has 1 aliphatic rings. The van der Waals surface area contributed by atoms with Crippen LogP contribution in [-0.2, 0) is 4.79 Å². The van der Waals surface area contributed by atoms with Gasteiger partial charge >= 0.3 is 0 Å². The van der Waals surface area contributed by atoms with Crippen molar-refractivity contribution in [2.24, 2.45) is 5.92 Å². The van der Waals surface area contributed by atoms with Gasteiger partial charge in [0.05, 0.1) is 15.7 Å². The molecule has 1 heterocycles. The molecule has 2 aromatic rings. The topological polar surface area (TPSA) is 42.0 Å². The standard InChI is InChI=1S/C15H18N2OS/c18-15(8-5-11-3-1-2-4-11)17-12-6-7-14-13(9-12)16-10-19-14/h6-7,9-11H,1-5,8H2,(H,17,18). The van der Waals surface area contributed by atoms with Crippen molar-refractivity contribution < 1.29 is 4.79 Å². The molecular weight excluding hydrogens is 256 g/mol. The molecular formula is C15H18N2OS. The number of amides is 1. The molecule has 1 aliphatic carbocycles. The van der Waals surface area contributed by atoms with Crippen molar-refractivity contribution in [3.05, 3.63) is 23.7 Å². The number of hydrogen-bond acceptors (Lipinski definition) is 3. The van der Waals surface area contributed by atoms with Crippen LogP contribution in [0, 0.1) is 5.92 Å². The van der Waals surface area contributed by atoms with Crippen molar-refractivity contribution in [3.63, 3.8) is 0 Å². The third-order valence-corrected chi connectivity index (χ3v) is 4.68. The summed E-state index contributed by atoms with van der Waals surface area (Å²) in [5.74, 6) is 0.897. The molecule has 1 aromatic carbocycles. The lowest BCUT2D eigenvalue weighted by atomic mass is 10.0. The highest BCUT2D eigenvalue weighted by Gasteiger charge is 2.16. The van der Waals surface area contributed by atoms with Gasteiger partial charge in [0.2, 0.25) is 5.91 Å². The Balaban J connectivity index is 1.55. The Morgan fingerprint density at radius 1 is 1.37 bits per heavy atom. The van der Waals surface area contributed by atoms with Gasteiger partial charge < -0.3 is 5.32 Å². The molecule has 1 amide bonds. The molecule has 3 rings (SSSR count). The quantitative estimate of drug-likeness (QED) is 0.907. The Kier molecular flexibility index (Phi) is 3.78. The maximum absolute atomic E-state index is 11.9. The van der Waals surface area contributed by atoms with E-state index in [9.17, 15) is 4.79 Å². The predicted octanol–water partition coefficient (Wildman–Crippen LogP) is 4.21. The Hall–Kier alpha value is -1.42. The first-order valence-electron chi connectivity index (χ1n) is 6.94. The van der Waals surface area contributed by atoms with Crippen molar-refractivity contribution >= 4 is 33.1 Å². The van der Waals surface area contributed by atoms with E-state index in [1.54, 1.807) is 11.3 Å². The van der Waals surface area contributed by atoms with Crippen LogP contribution < -0.4 is 5.32 Å². The van der Waals surface area contributed by atoms with Gasteiger partial charge in [-0.3, -0.25) is 4.79 Å². The first kappa shape index (κ1) is 12.6. The van der Waals surface area contributed by atoms with E-state index in [1.807, 2.05) is 23.7 Å². The molecule has 19 heavy (non-hydrogen) atoms. The number of nitrogens with zero attached hydrogens (tertiary/aromatic N) is 1. The largest absolute Gasteiger partial charge is 0.326 e. The predicted molar refractivity (Wildman–Crippen MR) is 79.4 cm³/mol. The minimum Gasteiger partial charge on any atom is -0.326 e. The van der Waals surface area contributed by atoms with E-state index in [4.69, 9.17) is 0 Å². The summed E-state index contributed by atoms with van der Waals surface area (Å²) >= 11 is 1.62. The molecule has 0 saturated heterocycles. The molecule has 0 atom stereocenters. The lowest BCUT2D eigenvalue weighted by molar-refractivity contribution is -0.116. The van der Waals surface area contributed by atoms with Gasteiger partial charge in [-0.25, -0.2) is 4.98 Å². The molecule has 0 aliphatic heterocycles. The third kappa shape index (κ3) is 3.13. The molecule has 1 fully saturated rings. The maximum atomic E-state index is 11.9. The summed E-state index contributed by atoms with van der Waals surface area (Å²) in [5.41, 5.74) is 3.64. The van der Waals surface area contributed by atoms with Crippen LogP contribution in [-0.4, -0.2) is 10.9 Å². The highest BCUT2D eigenvalue weighted by Crippen LogP contribution is 2.28. The number of rotatable bonds is 4. The molecule has 100 valence electrons. The zero-order valence-corrected chi connectivity index (χ0v) is 11.7. The van der Waals surface area contributed by atoms with Crippen LogP contribution in [0.25, 0.3) is 10.2 Å². The highest BCUT2D eigenvalue weighted by molar-refractivity contribution is 7.16. The number of carbonyl (C=O) groups excluding carboxylic acids is 1. The molecule has 4 heteroatoms. The summed E-state index contributed by atoms with van der Waals surface area (Å²) in [5, 5.41) is 2.97. The Labute approximate surface area is 117 Å². The molecule has 3 nitrogen and oxygen atoms in total. The molecule has 1 saturated carbocycles. The molecule has 0 bridgehead atoms. The van der Waals surface area contributed by atoms with Crippen LogP contribution in [0.5, 0.6) is 0 Å². The average molecular weight is 274 g/mol. The van der Waals surface area contributed by atoms with E-state index in [1.165, 1.54) is 25.7 Å². The van der Waals surface area contributed by atoms with Crippen LogP contribution in [0.2, 0.25) is 0 Å². The Morgan fingerprint density at radius 3 is 3.05 bits per heavy atom. The average Bonchev–Trinajstić information content (AvgIpc) is 3.07. The summed E-state index contributed by atoms with van der Waals surface area (Å²) < 4.78 is 1.16. The maximum Gasteiger partial charge on any atom is 0.224 e. The lowest BCUT2D eigenvalue weighted by Gasteiger charge is -2.09. The summed E-state index contributed by atoms with van der Waals surface area (Å²) in [6.45, 7) is 0. The third-order valence-electron chi connectivity index (χ3n) is 3.87. The van der Waals surface area contributed by atoms with Crippen molar-refractivity contribution in [2.75, 3.05) is 5.32 Å². The van der Waals surface area contributed by atoms with E-state index in [0.29, 0.717) is 6.42 Å². The fraction of sp³-hybridized carbons (Fsp3) is 0.467. The Morgan fingerprint density at radius 2 is 2.21 bits per heavy atom. The zero-order valence-electron chi connectivity index (χ0n) is 10.9. The minimum atomic E-state index is 0.126. The van der Waals surface area contributed by atoms with E-state index < -0.39 is 0 Å². The smallest absolute Gasteiger partial charge is 0.224 e. The van der Waals surface area contributed by atoms with Crippen LogP contribution in [0.1, 0.15) is 38.5 Å². The van der Waals surface area contributed by atoms with Gasteiger partial charge in [-0.15, -0.1) is 11.3 Å². The van der Waals surface area contributed by atoms with Gasteiger partial charge in [0.1, 0.15) is 0 Å². The molecule has 0 unspecified atom stereocenters. The summed E-state index contributed by atoms with van der Waals surface area (Å²) in [7, 11) is 0. The lowest BCUT2D eigenvalue weighted by Crippen LogP contribution is -2.12. The van der Waals surface area contributed by atoms with Gasteiger partial charge in [0.25, 0.3) is 0 Å². The molecule has 1 N–H and O–H groups in total. The zero-order chi connectivity index (χ0) is 13.1. The highest BCUT2D eigenvalue weighted by atomic mass is 32.1. The number of fused-ring (bicyclic) bond motifs is 1. The van der Waals surface area contributed by atoms with Gasteiger partial charge in [-0.2, -0.15) is 0 Å². The van der Waals surface area contributed by atoms with E-state index in [2.05, 4.69) is 10.3 Å². The minimum absolute atomic E-state index is 0.126. The number of aromatic nitrogens is 1. The van der Waals surface area contributed by atoms with Crippen LogP contribution in [0.3, 0.4) is 0 Å². The van der Waals surface area contributed by atoms with Crippen molar-refractivity contribution in [1.29, 1.82) is 0 Å². The van der Waals surface area contributed by atoms with Gasteiger partial charge in [0, 0.05) is 12.1 Å². The van der Waals surface area contributed by atoms with Gasteiger partial charge in [-0.05, 0) is 30.5 Å². The number of thiazole rings is 1. The molecule has 0 radical (unpaired) electrons. The molecule has 0 spiro atoms. The number of carbonyl (C=O) groups is 1. The fourth-order valence-corrected chi connectivity index (χ4v) is 3.45. The molecule has 1 aromatic heterocycles. The summed E-state index contributed by atoms with van der Waals surface area (Å²) in [6.07, 6.45) is 6.96. The number of benzene rings is 1. The number of nitrogens with one attached hydrogen (secondary N) is 1. The van der Waals surface area contributed by atoms with Crippen molar-refractivity contribution in [1.82, 2.24) is 4.98 Å². The fourth-order valence-electron chi connectivity index (χ4n) is 2.79. The van der Waals surface area contributed by atoms with Crippen molar-refractivity contribution in [3.8, 4) is 0 Å². The summed E-state index contributed by atoms with van der Waals surface area (Å²) in [6, 6.07) is 5.91. The van der Waals surface area contributed by atoms with Gasteiger partial charge in [-0.1, -0.05) is 25.7 Å². The van der Waals surface area contributed by atoms with E-state index in [0.717, 1.165) is 28.2 Å².